The lowest BCUT2D eigenvalue weighted by molar-refractivity contribution is 0.0697. The summed E-state index contributed by atoms with van der Waals surface area (Å²) in [4.78, 5) is 15.7. The highest BCUT2D eigenvalue weighted by molar-refractivity contribution is 5.88. The van der Waals surface area contributed by atoms with Crippen LogP contribution in [0.1, 0.15) is 27.0 Å². The Kier molecular flexibility index (Phi) is 6.21. The monoisotopic (exact) mass is 412 g/mol. The van der Waals surface area contributed by atoms with Crippen molar-refractivity contribution in [3.8, 4) is 17.6 Å². The van der Waals surface area contributed by atoms with Gasteiger partial charge in [-0.25, -0.2) is 4.79 Å². The van der Waals surface area contributed by atoms with E-state index in [1.165, 1.54) is 5.56 Å². The third kappa shape index (κ3) is 5.25. The zero-order valence-corrected chi connectivity index (χ0v) is 17.2. The van der Waals surface area contributed by atoms with Crippen LogP contribution in [0, 0.1) is 11.8 Å². The highest BCUT2D eigenvalue weighted by atomic mass is 16.4. The molecule has 0 unspecified atom stereocenters. The maximum Gasteiger partial charge on any atom is 0.335 e. The van der Waals surface area contributed by atoms with E-state index in [1.807, 2.05) is 36.4 Å². The van der Waals surface area contributed by atoms with Gasteiger partial charge in [0.25, 0.3) is 0 Å². The molecule has 1 heterocycles. The lowest BCUT2D eigenvalue weighted by atomic mass is 10.1. The van der Waals surface area contributed by atoms with Crippen molar-refractivity contribution >= 4 is 11.7 Å². The number of carbonyl (C=O) groups is 1. The molecular weight excluding hydrogens is 388 g/mol. The SMILES string of the molecule is O=C(O)c1ccc(N2CCN(Cc3ccccc3C#Cc3cccc(O)c3)CC2)cc1. The average molecular weight is 412 g/mol. The van der Waals surface area contributed by atoms with Gasteiger partial charge in [0, 0.05) is 49.5 Å². The van der Waals surface area contributed by atoms with Crippen molar-refractivity contribution in [2.45, 2.75) is 6.54 Å². The van der Waals surface area contributed by atoms with Gasteiger partial charge in [-0.3, -0.25) is 4.90 Å². The second kappa shape index (κ2) is 9.38. The minimum absolute atomic E-state index is 0.218. The molecule has 0 amide bonds. The Bertz CT molecular complexity index is 1120. The van der Waals surface area contributed by atoms with Gasteiger partial charge in [0.05, 0.1) is 5.56 Å². The Labute approximate surface area is 182 Å². The Morgan fingerprint density at radius 2 is 1.61 bits per heavy atom. The van der Waals surface area contributed by atoms with Crippen LogP contribution in [0.4, 0.5) is 5.69 Å². The van der Waals surface area contributed by atoms with Crippen molar-refractivity contribution in [3.05, 3.63) is 95.1 Å². The lowest BCUT2D eigenvalue weighted by Crippen LogP contribution is -2.46. The molecule has 1 aliphatic heterocycles. The molecule has 156 valence electrons. The number of phenolic OH excluding ortho intramolecular Hbond substituents is 1. The number of rotatable bonds is 4. The van der Waals surface area contributed by atoms with E-state index < -0.39 is 5.97 Å². The molecule has 5 heteroatoms. The molecule has 0 aliphatic carbocycles. The smallest absolute Gasteiger partial charge is 0.335 e. The molecule has 5 nitrogen and oxygen atoms in total. The van der Waals surface area contributed by atoms with Gasteiger partial charge in [-0.15, -0.1) is 0 Å². The number of nitrogens with zero attached hydrogens (tertiary/aromatic N) is 2. The number of aromatic carboxylic acids is 1. The zero-order chi connectivity index (χ0) is 21.6. The van der Waals surface area contributed by atoms with Crippen LogP contribution in [0.2, 0.25) is 0 Å². The van der Waals surface area contributed by atoms with Crippen molar-refractivity contribution < 1.29 is 15.0 Å². The van der Waals surface area contributed by atoms with Crippen molar-refractivity contribution in [1.82, 2.24) is 4.90 Å². The second-order valence-electron chi connectivity index (χ2n) is 7.57. The highest BCUT2D eigenvalue weighted by Crippen LogP contribution is 2.19. The first-order chi connectivity index (χ1) is 15.1. The molecule has 0 saturated carbocycles. The number of hydrogen-bond acceptors (Lipinski definition) is 4. The predicted octanol–water partition coefficient (Wildman–Crippen LogP) is 3.81. The summed E-state index contributed by atoms with van der Waals surface area (Å²) in [5, 5.41) is 18.7. The summed E-state index contributed by atoms with van der Waals surface area (Å²) >= 11 is 0. The molecule has 1 saturated heterocycles. The van der Waals surface area contributed by atoms with Gasteiger partial charge in [-0.1, -0.05) is 36.1 Å². The van der Waals surface area contributed by atoms with E-state index in [-0.39, 0.29) is 5.75 Å². The molecule has 0 spiro atoms. The number of carboxylic acid groups (broad SMARTS) is 1. The number of carboxylic acids is 1. The fourth-order valence-corrected chi connectivity index (χ4v) is 3.72. The summed E-state index contributed by atoms with van der Waals surface area (Å²) in [5.41, 5.74) is 4.34. The molecule has 0 atom stereocenters. The molecule has 1 aliphatic rings. The summed E-state index contributed by atoms with van der Waals surface area (Å²) in [7, 11) is 0. The van der Waals surface area contributed by atoms with E-state index in [9.17, 15) is 9.90 Å². The molecule has 3 aromatic rings. The molecule has 0 aromatic heterocycles. The van der Waals surface area contributed by atoms with Gasteiger partial charge in [-0.2, -0.15) is 0 Å². The first-order valence-corrected chi connectivity index (χ1v) is 10.3. The van der Waals surface area contributed by atoms with Crippen LogP contribution in [0.25, 0.3) is 0 Å². The van der Waals surface area contributed by atoms with Crippen LogP contribution >= 0.6 is 0 Å². The maximum atomic E-state index is 11.0. The van der Waals surface area contributed by atoms with Gasteiger partial charge in [0.15, 0.2) is 0 Å². The number of piperazine rings is 1. The standard InChI is InChI=1S/C26H24N2O3/c29-25-7-3-4-20(18-25)8-9-21-5-1-2-6-23(21)19-27-14-16-28(17-15-27)24-12-10-22(11-13-24)26(30)31/h1-7,10-13,18,29H,14-17,19H2,(H,30,31). The van der Waals surface area contributed by atoms with Crippen molar-refractivity contribution in [1.29, 1.82) is 0 Å². The van der Waals surface area contributed by atoms with E-state index in [0.717, 1.165) is 49.5 Å². The van der Waals surface area contributed by atoms with E-state index in [1.54, 1.807) is 30.3 Å². The quantitative estimate of drug-likeness (QED) is 0.638. The van der Waals surface area contributed by atoms with Crippen LogP contribution in [0.15, 0.2) is 72.8 Å². The van der Waals surface area contributed by atoms with Crippen molar-refractivity contribution in [2.75, 3.05) is 31.1 Å². The summed E-state index contributed by atoms with van der Waals surface area (Å²) in [6, 6.07) is 22.2. The molecular formula is C26H24N2O3. The Morgan fingerprint density at radius 1 is 0.871 bits per heavy atom. The summed E-state index contributed by atoms with van der Waals surface area (Å²) in [6.45, 7) is 4.47. The number of aromatic hydroxyl groups is 1. The average Bonchev–Trinajstić information content (AvgIpc) is 2.79. The first-order valence-electron chi connectivity index (χ1n) is 10.3. The van der Waals surface area contributed by atoms with Crippen LogP contribution in [0.5, 0.6) is 5.75 Å². The molecule has 0 radical (unpaired) electrons. The van der Waals surface area contributed by atoms with Gasteiger partial charge < -0.3 is 15.1 Å². The molecule has 1 fully saturated rings. The van der Waals surface area contributed by atoms with E-state index >= 15 is 0 Å². The van der Waals surface area contributed by atoms with E-state index in [4.69, 9.17) is 5.11 Å². The predicted molar refractivity (Wildman–Crippen MR) is 121 cm³/mol. The third-order valence-corrected chi connectivity index (χ3v) is 5.45. The maximum absolute atomic E-state index is 11.0. The van der Waals surface area contributed by atoms with Crippen molar-refractivity contribution in [2.24, 2.45) is 0 Å². The van der Waals surface area contributed by atoms with E-state index in [0.29, 0.717) is 5.56 Å². The highest BCUT2D eigenvalue weighted by Gasteiger charge is 2.18. The fourth-order valence-electron chi connectivity index (χ4n) is 3.72. The van der Waals surface area contributed by atoms with Crippen LogP contribution in [0.3, 0.4) is 0 Å². The summed E-state index contributed by atoms with van der Waals surface area (Å²) in [6.07, 6.45) is 0. The van der Waals surface area contributed by atoms with Gasteiger partial charge in [0.2, 0.25) is 0 Å². The third-order valence-electron chi connectivity index (χ3n) is 5.45. The number of hydrogen-bond donors (Lipinski definition) is 2. The van der Waals surface area contributed by atoms with Crippen LogP contribution < -0.4 is 4.90 Å². The Balaban J connectivity index is 1.39. The van der Waals surface area contributed by atoms with Gasteiger partial charge in [-0.05, 0) is 54.1 Å². The zero-order valence-electron chi connectivity index (χ0n) is 17.2. The fraction of sp³-hybridized carbons (Fsp3) is 0.192. The number of benzene rings is 3. The normalized spacial score (nSPS) is 14.0. The number of phenols is 1. The van der Waals surface area contributed by atoms with Crippen molar-refractivity contribution in [3.63, 3.8) is 0 Å². The Morgan fingerprint density at radius 3 is 2.32 bits per heavy atom. The molecule has 0 bridgehead atoms. The molecule has 31 heavy (non-hydrogen) atoms. The first kappa shape index (κ1) is 20.5. The second-order valence-corrected chi connectivity index (χ2v) is 7.57. The Hall–Kier alpha value is -3.75. The summed E-state index contributed by atoms with van der Waals surface area (Å²) < 4.78 is 0. The minimum Gasteiger partial charge on any atom is -0.508 e. The van der Waals surface area contributed by atoms with Crippen LogP contribution in [-0.4, -0.2) is 47.3 Å². The van der Waals surface area contributed by atoms with Crippen LogP contribution in [-0.2, 0) is 6.54 Å². The van der Waals surface area contributed by atoms with E-state index in [2.05, 4.69) is 27.7 Å². The summed E-state index contributed by atoms with van der Waals surface area (Å²) in [5.74, 6) is 5.71. The lowest BCUT2D eigenvalue weighted by Gasteiger charge is -2.36. The number of anilines is 1. The minimum atomic E-state index is -0.901. The molecule has 3 aromatic carbocycles. The van der Waals surface area contributed by atoms with Gasteiger partial charge >= 0.3 is 5.97 Å². The topological polar surface area (TPSA) is 64.0 Å². The van der Waals surface area contributed by atoms with Gasteiger partial charge in [0.1, 0.15) is 5.75 Å². The largest absolute Gasteiger partial charge is 0.508 e. The molecule has 4 rings (SSSR count). The molecule has 2 N–H and O–H groups in total.